The van der Waals surface area contributed by atoms with Crippen LogP contribution in [-0.4, -0.2) is 38.0 Å². The molecule has 0 aliphatic rings. The topological polar surface area (TPSA) is 129 Å². The van der Waals surface area contributed by atoms with E-state index < -0.39 is 12.1 Å². The van der Waals surface area contributed by atoms with Gasteiger partial charge in [-0.15, -0.1) is 10.2 Å². The van der Waals surface area contributed by atoms with E-state index in [-0.39, 0.29) is 13.2 Å². The minimum Gasteiger partial charge on any atom is -0.394 e. The van der Waals surface area contributed by atoms with Gasteiger partial charge >= 0.3 is 6.03 Å². The van der Waals surface area contributed by atoms with Crippen LogP contribution >= 0.6 is 11.6 Å². The molecule has 0 saturated carbocycles. The summed E-state index contributed by atoms with van der Waals surface area (Å²) in [5, 5.41) is 36.2. The molecule has 0 saturated heterocycles. The van der Waals surface area contributed by atoms with Crippen LogP contribution in [0.2, 0.25) is 5.02 Å². The number of amides is 2. The van der Waals surface area contributed by atoms with Crippen LogP contribution in [0.25, 0.3) is 0 Å². The number of rotatable bonds is 7. The van der Waals surface area contributed by atoms with E-state index in [2.05, 4.69) is 26.0 Å². The summed E-state index contributed by atoms with van der Waals surface area (Å²) in [6.45, 7) is 0.0857. The molecule has 0 radical (unpaired) electrons. The molecule has 1 atom stereocenters. The number of nitrogens with zero attached hydrogens (tertiary/aromatic N) is 5. The van der Waals surface area contributed by atoms with E-state index in [9.17, 15) is 4.79 Å². The van der Waals surface area contributed by atoms with E-state index in [4.69, 9.17) is 22.0 Å². The van der Waals surface area contributed by atoms with Crippen LogP contribution in [-0.2, 0) is 13.0 Å². The smallest absolute Gasteiger partial charge is 0.319 e. The van der Waals surface area contributed by atoms with Gasteiger partial charge in [0.1, 0.15) is 0 Å². The van der Waals surface area contributed by atoms with Crippen molar-refractivity contribution < 1.29 is 9.90 Å². The predicted molar refractivity (Wildman–Crippen MR) is 106 cm³/mol. The quantitative estimate of drug-likeness (QED) is 0.547. The van der Waals surface area contributed by atoms with Gasteiger partial charge in [0.25, 0.3) is 0 Å². The van der Waals surface area contributed by atoms with Crippen molar-refractivity contribution in [3.63, 3.8) is 0 Å². The van der Waals surface area contributed by atoms with Gasteiger partial charge in [-0.25, -0.2) is 4.79 Å². The van der Waals surface area contributed by atoms with Crippen LogP contribution in [0.4, 0.5) is 10.5 Å². The molecule has 0 aliphatic heterocycles. The third-order valence-electron chi connectivity index (χ3n) is 4.01. The highest BCUT2D eigenvalue weighted by Gasteiger charge is 2.20. The minimum atomic E-state index is -0.554. The Bertz CT molecular complexity index is 997. The van der Waals surface area contributed by atoms with Crippen LogP contribution in [0.1, 0.15) is 23.0 Å². The molecule has 9 nitrogen and oxygen atoms in total. The predicted octanol–water partition coefficient (Wildman–Crippen LogP) is 2.30. The summed E-state index contributed by atoms with van der Waals surface area (Å²) >= 11 is 5.94. The zero-order chi connectivity index (χ0) is 20.6. The Labute approximate surface area is 171 Å². The lowest BCUT2D eigenvalue weighted by Crippen LogP contribution is -2.34. The van der Waals surface area contributed by atoms with Crippen LogP contribution in [0, 0.1) is 11.3 Å². The van der Waals surface area contributed by atoms with Crippen molar-refractivity contribution in [2.75, 3.05) is 11.9 Å². The molecule has 29 heavy (non-hydrogen) atoms. The highest BCUT2D eigenvalue weighted by atomic mass is 35.5. The molecule has 10 heteroatoms. The molecule has 1 heterocycles. The van der Waals surface area contributed by atoms with Crippen molar-refractivity contribution in [1.29, 1.82) is 5.26 Å². The van der Waals surface area contributed by atoms with Gasteiger partial charge in [0, 0.05) is 17.1 Å². The largest absolute Gasteiger partial charge is 0.394 e. The maximum atomic E-state index is 12.5. The molecule has 2 amide bonds. The molecule has 3 aromatic rings. The molecular weight excluding hydrogens is 394 g/mol. The molecule has 3 rings (SSSR count). The summed E-state index contributed by atoms with van der Waals surface area (Å²) in [6.07, 6.45) is 0.419. The highest BCUT2D eigenvalue weighted by molar-refractivity contribution is 6.30. The second-order valence-electron chi connectivity index (χ2n) is 6.14. The first kappa shape index (κ1) is 20.3. The number of aliphatic hydroxyl groups is 1. The summed E-state index contributed by atoms with van der Waals surface area (Å²) in [5.41, 5.74) is 1.97. The van der Waals surface area contributed by atoms with E-state index in [1.807, 2.05) is 18.2 Å². The van der Waals surface area contributed by atoms with Gasteiger partial charge in [-0.3, -0.25) is 0 Å². The highest BCUT2D eigenvalue weighted by Crippen LogP contribution is 2.18. The number of anilines is 1. The normalized spacial score (nSPS) is 11.5. The number of carbonyl (C=O) groups is 1. The van der Waals surface area contributed by atoms with Crippen LogP contribution in [0.3, 0.4) is 0 Å². The van der Waals surface area contributed by atoms with Gasteiger partial charge < -0.3 is 15.7 Å². The Kier molecular flexibility index (Phi) is 6.73. The van der Waals surface area contributed by atoms with Crippen molar-refractivity contribution in [3.8, 4) is 6.07 Å². The summed E-state index contributed by atoms with van der Waals surface area (Å²) in [6, 6.07) is 14.8. The lowest BCUT2D eigenvalue weighted by Gasteiger charge is -2.16. The number of nitriles is 1. The van der Waals surface area contributed by atoms with Crippen LogP contribution in [0.5, 0.6) is 0 Å². The maximum absolute atomic E-state index is 12.5. The first-order valence-electron chi connectivity index (χ1n) is 8.78. The molecule has 3 N–H and O–H groups in total. The molecule has 0 unspecified atom stereocenters. The van der Waals surface area contributed by atoms with Crippen LogP contribution in [0.15, 0.2) is 48.5 Å². The molecular formula is C19H18ClN7O2. The Morgan fingerprint density at radius 3 is 2.59 bits per heavy atom. The number of aliphatic hydroxyl groups excluding tert-OH is 1. The third-order valence-corrected chi connectivity index (χ3v) is 4.26. The van der Waals surface area contributed by atoms with Crippen molar-refractivity contribution in [3.05, 3.63) is 70.5 Å². The number of nitrogens with one attached hydrogen (secondary N) is 2. The van der Waals surface area contributed by atoms with E-state index >= 15 is 0 Å². The summed E-state index contributed by atoms with van der Waals surface area (Å²) in [7, 11) is 0. The van der Waals surface area contributed by atoms with Gasteiger partial charge in [0.2, 0.25) is 0 Å². The number of hydrogen-bond acceptors (Lipinski definition) is 6. The molecule has 0 bridgehead atoms. The Morgan fingerprint density at radius 1 is 1.21 bits per heavy atom. The van der Waals surface area contributed by atoms with E-state index in [0.717, 1.165) is 5.56 Å². The lowest BCUT2D eigenvalue weighted by atomic mass is 10.1. The number of aromatic nitrogens is 4. The molecule has 2 aromatic carbocycles. The van der Waals surface area contributed by atoms with Crippen molar-refractivity contribution in [2.24, 2.45) is 0 Å². The summed E-state index contributed by atoms with van der Waals surface area (Å²) < 4.78 is 0. The average Bonchev–Trinajstić information content (AvgIpc) is 3.19. The fourth-order valence-corrected chi connectivity index (χ4v) is 2.72. The standard InChI is InChI=1S/C19H18ClN7O2/c20-15-5-1-13(2-6-15)11-17(18-24-26-27(25-18)9-10-28)23-19(29)22-16-7-3-14(12-21)4-8-16/h1-8,17,28H,9-11H2,(H2,22,23,29)/t17-/m0/s1. The third kappa shape index (κ3) is 5.75. The Hall–Kier alpha value is -3.48. The van der Waals surface area contributed by atoms with Crippen molar-refractivity contribution in [1.82, 2.24) is 25.5 Å². The fourth-order valence-electron chi connectivity index (χ4n) is 2.60. The molecule has 0 fully saturated rings. The number of hydrogen-bond donors (Lipinski definition) is 3. The average molecular weight is 412 g/mol. The van der Waals surface area contributed by atoms with E-state index in [1.165, 1.54) is 4.80 Å². The zero-order valence-corrected chi connectivity index (χ0v) is 16.0. The lowest BCUT2D eigenvalue weighted by molar-refractivity contribution is 0.247. The van der Waals surface area contributed by atoms with Gasteiger partial charge in [-0.2, -0.15) is 10.1 Å². The molecule has 1 aromatic heterocycles. The summed E-state index contributed by atoms with van der Waals surface area (Å²) in [4.78, 5) is 13.8. The second kappa shape index (κ2) is 9.64. The van der Waals surface area contributed by atoms with Gasteiger partial charge in [0.15, 0.2) is 5.82 Å². The molecule has 0 spiro atoms. The number of tetrazole rings is 1. The van der Waals surface area contributed by atoms with E-state index in [0.29, 0.717) is 28.5 Å². The van der Waals surface area contributed by atoms with Crippen LogP contribution < -0.4 is 10.6 Å². The number of halogens is 1. The molecule has 0 aliphatic carbocycles. The van der Waals surface area contributed by atoms with E-state index in [1.54, 1.807) is 36.4 Å². The second-order valence-corrected chi connectivity index (χ2v) is 6.57. The Morgan fingerprint density at radius 2 is 1.93 bits per heavy atom. The maximum Gasteiger partial charge on any atom is 0.319 e. The minimum absolute atomic E-state index is 0.121. The first-order chi connectivity index (χ1) is 14.1. The fraction of sp³-hybridized carbons (Fsp3) is 0.211. The van der Waals surface area contributed by atoms with Gasteiger partial charge in [-0.1, -0.05) is 23.7 Å². The number of urea groups is 1. The van der Waals surface area contributed by atoms with Gasteiger partial charge in [-0.05, 0) is 47.2 Å². The first-order valence-corrected chi connectivity index (χ1v) is 9.16. The number of carbonyl (C=O) groups excluding carboxylic acids is 1. The Balaban J connectivity index is 1.74. The van der Waals surface area contributed by atoms with Crippen molar-refractivity contribution >= 4 is 23.3 Å². The van der Waals surface area contributed by atoms with Crippen molar-refractivity contribution in [2.45, 2.75) is 19.0 Å². The zero-order valence-electron chi connectivity index (χ0n) is 15.3. The SMILES string of the molecule is N#Cc1ccc(NC(=O)N[C@@H](Cc2ccc(Cl)cc2)c2nnn(CCO)n2)cc1. The number of benzene rings is 2. The monoisotopic (exact) mass is 411 g/mol. The molecule has 148 valence electrons. The summed E-state index contributed by atoms with van der Waals surface area (Å²) in [5.74, 6) is 0.323. The van der Waals surface area contributed by atoms with Gasteiger partial charge in [0.05, 0.1) is 30.8 Å².